The first-order valence-corrected chi connectivity index (χ1v) is 15.0. The molecule has 1 saturated heterocycles. The fraction of sp³-hybridized carbons (Fsp3) is 0.379. The average Bonchev–Trinajstić information content (AvgIpc) is 3.57. The Hall–Kier alpha value is -3.32. The van der Waals surface area contributed by atoms with Crippen molar-refractivity contribution in [2.45, 2.75) is 40.3 Å². The lowest BCUT2D eigenvalue weighted by Gasteiger charge is -2.34. The molecule has 1 fully saturated rings. The highest BCUT2D eigenvalue weighted by molar-refractivity contribution is 7.92. The third-order valence-corrected chi connectivity index (χ3v) is 8.55. The molecule has 0 amide bonds. The lowest BCUT2D eigenvalue weighted by atomic mass is 10.1. The van der Waals surface area contributed by atoms with E-state index in [1.165, 1.54) is 16.4 Å². The van der Waals surface area contributed by atoms with Crippen molar-refractivity contribution in [2.75, 3.05) is 38.0 Å². The smallest absolute Gasteiger partial charge is 0.227 e. The molecule has 13 heteroatoms. The number of benzene rings is 2. The highest BCUT2D eigenvalue weighted by atomic mass is 35.5. The van der Waals surface area contributed by atoms with Crippen LogP contribution in [0.3, 0.4) is 0 Å². The quantitative estimate of drug-likeness (QED) is 0.206. The number of nitrogens with one attached hydrogen (secondary N) is 1. The Labute approximate surface area is 252 Å². The Morgan fingerprint density at radius 2 is 1.83 bits per heavy atom. The molecule has 0 aliphatic carbocycles. The van der Waals surface area contributed by atoms with Crippen LogP contribution >= 0.6 is 23.9 Å². The van der Waals surface area contributed by atoms with E-state index in [1.807, 2.05) is 43.5 Å². The van der Waals surface area contributed by atoms with Gasteiger partial charge < -0.3 is 14.8 Å². The predicted molar refractivity (Wildman–Crippen MR) is 165 cm³/mol. The number of anilines is 2. The summed E-state index contributed by atoms with van der Waals surface area (Å²) in [6, 6.07) is 7.24. The Bertz CT molecular complexity index is 1760. The molecule has 42 heavy (non-hydrogen) atoms. The van der Waals surface area contributed by atoms with Gasteiger partial charge in [0, 0.05) is 49.7 Å². The molecule has 4 heterocycles. The molecular formula is C29H32ClF2N9S. The van der Waals surface area contributed by atoms with Crippen LogP contribution in [0, 0.1) is 12.7 Å². The summed E-state index contributed by atoms with van der Waals surface area (Å²) in [7, 11) is 0. The first kappa shape index (κ1) is 28.8. The molecule has 5 aromatic rings. The first-order valence-electron chi connectivity index (χ1n) is 14.0. The number of hydrogen-bond donors (Lipinski definition) is 1. The molecule has 0 unspecified atom stereocenters. The Kier molecular flexibility index (Phi) is 8.05. The molecule has 2 aromatic carbocycles. The van der Waals surface area contributed by atoms with Crippen molar-refractivity contribution in [3.8, 4) is 11.3 Å². The number of likely N-dealkylation sites (N-methyl/N-ethyl adjacent to an activating group) is 1. The largest absolute Gasteiger partial charge is 0.326 e. The van der Waals surface area contributed by atoms with E-state index in [9.17, 15) is 3.89 Å². The highest BCUT2D eigenvalue weighted by Crippen LogP contribution is 2.35. The van der Waals surface area contributed by atoms with E-state index in [-0.39, 0.29) is 29.3 Å². The summed E-state index contributed by atoms with van der Waals surface area (Å²) in [4.78, 5) is 18.3. The summed E-state index contributed by atoms with van der Waals surface area (Å²) < 4.78 is 32.4. The fourth-order valence-corrected chi connectivity index (χ4v) is 6.32. The van der Waals surface area contributed by atoms with Gasteiger partial charge in [0.05, 0.1) is 34.3 Å². The van der Waals surface area contributed by atoms with E-state index >= 15 is 4.39 Å². The lowest BCUT2D eigenvalue weighted by Crippen LogP contribution is -2.45. The molecule has 0 radical (unpaired) electrons. The molecule has 1 aliphatic rings. The third-order valence-electron chi connectivity index (χ3n) is 7.87. The van der Waals surface area contributed by atoms with Gasteiger partial charge in [0.2, 0.25) is 5.95 Å². The summed E-state index contributed by atoms with van der Waals surface area (Å²) in [5.74, 6) is 0.515. The Balaban J connectivity index is 1.34. The van der Waals surface area contributed by atoms with Gasteiger partial charge in [-0.15, -0.1) is 3.89 Å². The van der Waals surface area contributed by atoms with Crippen LogP contribution in [0.5, 0.6) is 0 Å². The number of hydrogen-bond acceptors (Lipinski definition) is 8. The number of halogens is 3. The van der Waals surface area contributed by atoms with Crippen LogP contribution in [0.15, 0.2) is 36.7 Å². The molecule has 0 saturated carbocycles. The maximum absolute atomic E-state index is 15.2. The summed E-state index contributed by atoms with van der Waals surface area (Å²) in [6.07, 6.45) is 3.17. The minimum absolute atomic E-state index is 0.0319. The van der Waals surface area contributed by atoms with Crippen molar-refractivity contribution >= 4 is 57.5 Å². The molecule has 3 aromatic heterocycles. The van der Waals surface area contributed by atoms with E-state index in [0.29, 0.717) is 33.5 Å². The summed E-state index contributed by atoms with van der Waals surface area (Å²) in [5.41, 5.74) is 4.10. The Morgan fingerprint density at radius 1 is 1.07 bits per heavy atom. The van der Waals surface area contributed by atoms with Crippen LogP contribution in [0.4, 0.5) is 19.9 Å². The van der Waals surface area contributed by atoms with Gasteiger partial charge in [0.1, 0.15) is 16.9 Å². The van der Waals surface area contributed by atoms with Gasteiger partial charge in [-0.3, -0.25) is 4.90 Å². The predicted octanol–water partition coefficient (Wildman–Crippen LogP) is 6.79. The molecule has 220 valence electrons. The van der Waals surface area contributed by atoms with E-state index in [0.717, 1.165) is 56.0 Å². The first-order chi connectivity index (χ1) is 20.3. The second-order valence-corrected chi connectivity index (χ2v) is 11.7. The van der Waals surface area contributed by atoms with Crippen molar-refractivity contribution in [3.05, 3.63) is 58.9 Å². The highest BCUT2D eigenvalue weighted by Gasteiger charge is 2.21. The maximum atomic E-state index is 15.2. The number of rotatable bonds is 8. The number of fused-ring (bicyclic) bond motifs is 2. The van der Waals surface area contributed by atoms with E-state index in [1.54, 1.807) is 6.20 Å². The molecule has 9 nitrogen and oxygen atoms in total. The third kappa shape index (κ3) is 5.32. The molecule has 0 atom stereocenters. The van der Waals surface area contributed by atoms with Crippen molar-refractivity contribution in [1.29, 1.82) is 0 Å². The van der Waals surface area contributed by atoms with Gasteiger partial charge in [-0.05, 0) is 51.1 Å². The molecule has 1 aliphatic heterocycles. The van der Waals surface area contributed by atoms with E-state index < -0.39 is 5.82 Å². The molecule has 0 spiro atoms. The minimum atomic E-state index is -0.452. The van der Waals surface area contributed by atoms with Crippen molar-refractivity contribution in [3.63, 3.8) is 0 Å². The molecular weight excluding hydrogens is 580 g/mol. The van der Waals surface area contributed by atoms with Crippen LogP contribution in [-0.2, 0) is 6.54 Å². The number of piperazine rings is 1. The standard InChI is InChI=1S/C29H32ClF2N9S/c1-5-38-8-10-39(11-9-38)16-19-6-7-24(28-21(19)14-34-41(28)42-32)36-29-33-15-22(30)26(37-29)20-12-23(31)27-25(13-20)40(17(2)3)18(4)35-27/h6-7,12-15,17H,5,8-11,16H2,1-4H3,(H,33,36,37). The van der Waals surface area contributed by atoms with Crippen LogP contribution < -0.4 is 5.32 Å². The van der Waals surface area contributed by atoms with Gasteiger partial charge in [-0.25, -0.2) is 19.3 Å². The van der Waals surface area contributed by atoms with Crippen LogP contribution in [-0.4, -0.2) is 71.2 Å². The van der Waals surface area contributed by atoms with Gasteiger partial charge in [0.25, 0.3) is 0 Å². The van der Waals surface area contributed by atoms with Gasteiger partial charge in [-0.1, -0.05) is 24.6 Å². The number of nitrogens with zero attached hydrogens (tertiary/aromatic N) is 8. The van der Waals surface area contributed by atoms with Crippen molar-refractivity contribution < 1.29 is 8.28 Å². The number of aromatic nitrogens is 6. The summed E-state index contributed by atoms with van der Waals surface area (Å²) in [5, 5.41) is 8.61. The monoisotopic (exact) mass is 611 g/mol. The normalized spacial score (nSPS) is 15.0. The van der Waals surface area contributed by atoms with E-state index in [2.05, 4.69) is 42.1 Å². The van der Waals surface area contributed by atoms with Gasteiger partial charge >= 0.3 is 0 Å². The van der Waals surface area contributed by atoms with Crippen molar-refractivity contribution in [1.82, 2.24) is 38.5 Å². The topological polar surface area (TPSA) is 79.9 Å². The van der Waals surface area contributed by atoms with Crippen LogP contribution in [0.2, 0.25) is 5.02 Å². The summed E-state index contributed by atoms with van der Waals surface area (Å²) >= 11 is 6.56. The minimum Gasteiger partial charge on any atom is -0.326 e. The van der Waals surface area contributed by atoms with E-state index in [4.69, 9.17) is 11.6 Å². The second-order valence-electron chi connectivity index (χ2n) is 10.8. The number of imidazole rings is 1. The zero-order valence-corrected chi connectivity index (χ0v) is 25.5. The number of aryl methyl sites for hydroxylation is 1. The molecule has 6 rings (SSSR count). The second kappa shape index (κ2) is 11.8. The lowest BCUT2D eigenvalue weighted by molar-refractivity contribution is 0.132. The fourth-order valence-electron chi connectivity index (χ4n) is 5.77. The zero-order valence-electron chi connectivity index (χ0n) is 23.9. The van der Waals surface area contributed by atoms with Crippen molar-refractivity contribution in [2.24, 2.45) is 0 Å². The Morgan fingerprint density at radius 3 is 2.55 bits per heavy atom. The maximum Gasteiger partial charge on any atom is 0.227 e. The van der Waals surface area contributed by atoms with Crippen LogP contribution in [0.1, 0.15) is 38.2 Å². The SMILES string of the molecule is CCN1CCN(Cc2ccc(Nc3ncc(Cl)c(-c4cc(F)c5nc(C)n(C(C)C)c5c4)n3)c3c2cnn3SF)CC1. The zero-order chi connectivity index (χ0) is 29.5. The average molecular weight is 612 g/mol. The molecule has 1 N–H and O–H groups in total. The van der Waals surface area contributed by atoms with Gasteiger partial charge in [0.15, 0.2) is 18.2 Å². The van der Waals surface area contributed by atoms with Crippen LogP contribution in [0.25, 0.3) is 33.2 Å². The summed E-state index contributed by atoms with van der Waals surface area (Å²) in [6.45, 7) is 13.9. The molecule has 0 bridgehead atoms. The van der Waals surface area contributed by atoms with Gasteiger partial charge in [-0.2, -0.15) is 9.19 Å².